The number of carbonyl (C=O) groups is 2. The van der Waals surface area contributed by atoms with Crippen molar-refractivity contribution in [3.8, 4) is 0 Å². The predicted molar refractivity (Wildman–Crippen MR) is 90.7 cm³/mol. The van der Waals surface area contributed by atoms with Gasteiger partial charge in [0.15, 0.2) is 0 Å². The van der Waals surface area contributed by atoms with Crippen molar-refractivity contribution in [3.63, 3.8) is 0 Å². The number of halogens is 1. The summed E-state index contributed by atoms with van der Waals surface area (Å²) in [4.78, 5) is 26.7. The molecule has 0 aromatic heterocycles. The number of carbonyl (C=O) groups excluding carboxylic acids is 2. The average Bonchev–Trinajstić information content (AvgIpc) is 2.46. The van der Waals surface area contributed by atoms with E-state index in [2.05, 4.69) is 15.9 Å². The first kappa shape index (κ1) is 19.6. The fourth-order valence-corrected chi connectivity index (χ4v) is 3.51. The maximum atomic E-state index is 12.4. The Morgan fingerprint density at radius 1 is 1.09 bits per heavy atom. The molecule has 0 radical (unpaired) electrons. The first-order valence-corrected chi connectivity index (χ1v) is 8.89. The SMILES string of the molecule is CN(C)C(=O)CN(C)C(=O)c1ccc(Br)c(S(=O)(=O)N(C)C)c1. The lowest BCUT2D eigenvalue weighted by molar-refractivity contribution is -0.129. The molecular formula is C14H20BrN3O4S. The summed E-state index contributed by atoms with van der Waals surface area (Å²) in [6.45, 7) is -0.0857. The van der Waals surface area contributed by atoms with Crippen molar-refractivity contribution in [2.24, 2.45) is 0 Å². The monoisotopic (exact) mass is 405 g/mol. The Hall–Kier alpha value is -1.45. The predicted octanol–water partition coefficient (Wildman–Crippen LogP) is 0.860. The minimum absolute atomic E-state index is 0.000635. The van der Waals surface area contributed by atoms with E-state index in [9.17, 15) is 18.0 Å². The number of nitrogens with zero attached hydrogens (tertiary/aromatic N) is 3. The van der Waals surface area contributed by atoms with Crippen LogP contribution in [0.5, 0.6) is 0 Å². The van der Waals surface area contributed by atoms with Crippen LogP contribution in [0.25, 0.3) is 0 Å². The molecule has 128 valence electrons. The topological polar surface area (TPSA) is 78.0 Å². The zero-order valence-corrected chi connectivity index (χ0v) is 16.1. The summed E-state index contributed by atoms with van der Waals surface area (Å²) in [5.74, 6) is -0.651. The second kappa shape index (κ2) is 7.41. The normalized spacial score (nSPS) is 11.4. The standard InChI is InChI=1S/C14H20BrN3O4S/c1-16(2)13(19)9-18(5)14(20)10-6-7-11(15)12(8-10)23(21,22)17(3)4/h6-8H,9H2,1-5H3. The van der Waals surface area contributed by atoms with E-state index in [1.54, 1.807) is 14.1 Å². The molecule has 23 heavy (non-hydrogen) atoms. The number of amides is 2. The van der Waals surface area contributed by atoms with E-state index in [1.807, 2.05) is 0 Å². The summed E-state index contributed by atoms with van der Waals surface area (Å²) in [5, 5.41) is 0. The lowest BCUT2D eigenvalue weighted by Crippen LogP contribution is -2.37. The van der Waals surface area contributed by atoms with Gasteiger partial charge in [-0.2, -0.15) is 0 Å². The largest absolute Gasteiger partial charge is 0.347 e. The van der Waals surface area contributed by atoms with Crippen LogP contribution in [0.2, 0.25) is 0 Å². The molecule has 0 bridgehead atoms. The Bertz CT molecular complexity index is 717. The van der Waals surface area contributed by atoms with E-state index in [0.717, 1.165) is 4.31 Å². The quantitative estimate of drug-likeness (QED) is 0.727. The molecule has 0 aliphatic carbocycles. The number of likely N-dealkylation sites (N-methyl/N-ethyl adjacent to an activating group) is 2. The number of rotatable bonds is 5. The van der Waals surface area contributed by atoms with Gasteiger partial charge in [-0.05, 0) is 34.1 Å². The van der Waals surface area contributed by atoms with Crippen LogP contribution in [0, 0.1) is 0 Å². The molecule has 0 unspecified atom stereocenters. The molecule has 1 rings (SSSR count). The maximum Gasteiger partial charge on any atom is 0.254 e. The van der Waals surface area contributed by atoms with Gasteiger partial charge in [0.05, 0.1) is 11.4 Å². The van der Waals surface area contributed by atoms with Crippen molar-refractivity contribution < 1.29 is 18.0 Å². The van der Waals surface area contributed by atoms with Gasteiger partial charge in [-0.1, -0.05) is 0 Å². The van der Waals surface area contributed by atoms with Gasteiger partial charge in [-0.25, -0.2) is 12.7 Å². The van der Waals surface area contributed by atoms with E-state index in [4.69, 9.17) is 0 Å². The van der Waals surface area contributed by atoms with Crippen molar-refractivity contribution in [2.75, 3.05) is 41.8 Å². The summed E-state index contributed by atoms with van der Waals surface area (Å²) in [6.07, 6.45) is 0. The number of hydrogen-bond donors (Lipinski definition) is 0. The highest BCUT2D eigenvalue weighted by Crippen LogP contribution is 2.25. The zero-order chi connectivity index (χ0) is 17.9. The van der Waals surface area contributed by atoms with Gasteiger partial charge in [-0.3, -0.25) is 9.59 Å². The lowest BCUT2D eigenvalue weighted by atomic mass is 10.2. The highest BCUT2D eigenvalue weighted by molar-refractivity contribution is 9.10. The van der Waals surface area contributed by atoms with Crippen LogP contribution in [0.15, 0.2) is 27.6 Å². The van der Waals surface area contributed by atoms with E-state index < -0.39 is 15.9 Å². The summed E-state index contributed by atoms with van der Waals surface area (Å²) < 4.78 is 26.0. The van der Waals surface area contributed by atoms with Gasteiger partial charge < -0.3 is 9.80 Å². The first-order valence-electron chi connectivity index (χ1n) is 6.66. The highest BCUT2D eigenvalue weighted by atomic mass is 79.9. The molecule has 0 fully saturated rings. The maximum absolute atomic E-state index is 12.4. The van der Waals surface area contributed by atoms with Crippen LogP contribution >= 0.6 is 15.9 Å². The summed E-state index contributed by atoms with van der Waals surface area (Å²) in [5.41, 5.74) is 0.197. The van der Waals surface area contributed by atoms with E-state index >= 15 is 0 Å². The molecule has 0 N–H and O–H groups in total. The molecule has 2 amide bonds. The minimum Gasteiger partial charge on any atom is -0.347 e. The molecule has 0 aliphatic rings. The third-order valence-electron chi connectivity index (χ3n) is 3.15. The summed E-state index contributed by atoms with van der Waals surface area (Å²) in [7, 11) is 3.83. The molecule has 0 saturated carbocycles. The molecule has 0 heterocycles. The number of hydrogen-bond acceptors (Lipinski definition) is 4. The Balaban J connectivity index is 3.16. The Morgan fingerprint density at radius 3 is 2.13 bits per heavy atom. The number of sulfonamides is 1. The second-order valence-electron chi connectivity index (χ2n) is 5.38. The van der Waals surface area contributed by atoms with E-state index in [0.29, 0.717) is 4.47 Å². The summed E-state index contributed by atoms with van der Waals surface area (Å²) in [6, 6.07) is 4.32. The second-order valence-corrected chi connectivity index (χ2v) is 8.36. The van der Waals surface area contributed by atoms with Crippen LogP contribution in [0.1, 0.15) is 10.4 Å². The van der Waals surface area contributed by atoms with Gasteiger partial charge in [0.1, 0.15) is 0 Å². The fraction of sp³-hybridized carbons (Fsp3) is 0.429. The van der Waals surface area contributed by atoms with Crippen LogP contribution in [0.4, 0.5) is 0 Å². The van der Waals surface area contributed by atoms with Gasteiger partial charge in [-0.15, -0.1) is 0 Å². The Morgan fingerprint density at radius 2 is 1.65 bits per heavy atom. The van der Waals surface area contributed by atoms with E-state index in [-0.39, 0.29) is 22.9 Å². The van der Waals surface area contributed by atoms with Crippen molar-refractivity contribution in [3.05, 3.63) is 28.2 Å². The van der Waals surface area contributed by atoms with Gasteiger partial charge in [0, 0.05) is 45.3 Å². The van der Waals surface area contributed by atoms with Crippen molar-refractivity contribution in [2.45, 2.75) is 4.90 Å². The Labute approximate surface area is 145 Å². The molecular weight excluding hydrogens is 386 g/mol. The van der Waals surface area contributed by atoms with Crippen LogP contribution in [-0.4, -0.2) is 76.1 Å². The fourth-order valence-electron chi connectivity index (χ4n) is 1.67. The average molecular weight is 406 g/mol. The molecule has 9 heteroatoms. The molecule has 0 spiro atoms. The van der Waals surface area contributed by atoms with Crippen LogP contribution in [-0.2, 0) is 14.8 Å². The lowest BCUT2D eigenvalue weighted by Gasteiger charge is -2.20. The highest BCUT2D eigenvalue weighted by Gasteiger charge is 2.23. The van der Waals surface area contributed by atoms with Gasteiger partial charge >= 0.3 is 0 Å². The van der Waals surface area contributed by atoms with Gasteiger partial charge in [0.25, 0.3) is 5.91 Å². The minimum atomic E-state index is -3.69. The van der Waals surface area contributed by atoms with Crippen LogP contribution < -0.4 is 0 Å². The Kier molecular flexibility index (Phi) is 6.32. The first-order chi connectivity index (χ1) is 10.5. The summed E-state index contributed by atoms with van der Waals surface area (Å²) >= 11 is 3.19. The molecule has 1 aromatic rings. The molecule has 0 atom stereocenters. The van der Waals surface area contributed by atoms with E-state index in [1.165, 1.54) is 49.1 Å². The number of benzene rings is 1. The molecule has 7 nitrogen and oxygen atoms in total. The van der Waals surface area contributed by atoms with Gasteiger partial charge in [0.2, 0.25) is 15.9 Å². The van der Waals surface area contributed by atoms with Crippen molar-refractivity contribution in [1.82, 2.24) is 14.1 Å². The third kappa shape index (κ3) is 4.52. The molecule has 0 saturated heterocycles. The third-order valence-corrected chi connectivity index (χ3v) is 5.96. The zero-order valence-electron chi connectivity index (χ0n) is 13.7. The van der Waals surface area contributed by atoms with Crippen molar-refractivity contribution >= 4 is 37.8 Å². The smallest absolute Gasteiger partial charge is 0.254 e. The van der Waals surface area contributed by atoms with Crippen molar-refractivity contribution in [1.29, 1.82) is 0 Å². The molecule has 0 aliphatic heterocycles. The molecule has 1 aromatic carbocycles. The van der Waals surface area contributed by atoms with Crippen LogP contribution in [0.3, 0.4) is 0 Å².